The van der Waals surface area contributed by atoms with Crippen LogP contribution in [-0.4, -0.2) is 14.5 Å². The Bertz CT molecular complexity index is 810. The molecule has 3 rings (SSSR count). The Morgan fingerprint density at radius 2 is 1.95 bits per heavy atom. The van der Waals surface area contributed by atoms with Crippen molar-refractivity contribution in [3.05, 3.63) is 69.7 Å². The van der Waals surface area contributed by atoms with Gasteiger partial charge < -0.3 is 4.57 Å². The van der Waals surface area contributed by atoms with Gasteiger partial charge in [-0.05, 0) is 49.7 Å². The number of rotatable bonds is 3. The number of benzene rings is 1. The highest BCUT2D eigenvalue weighted by Gasteiger charge is 2.14. The number of hydrogen-bond donors (Lipinski definition) is 0. The molecule has 0 spiro atoms. The highest BCUT2D eigenvalue weighted by atomic mass is 35.5. The molecule has 112 valence electrons. The molecule has 0 unspecified atom stereocenters. The van der Waals surface area contributed by atoms with Gasteiger partial charge in [-0.2, -0.15) is 0 Å². The van der Waals surface area contributed by atoms with Crippen LogP contribution in [-0.2, 0) is 6.54 Å². The fraction of sp³-hybridized carbons (Fsp3) is 0.176. The summed E-state index contributed by atoms with van der Waals surface area (Å²) in [6.45, 7) is 4.68. The zero-order valence-corrected chi connectivity index (χ0v) is 13.9. The molecule has 3 nitrogen and oxygen atoms in total. The molecule has 2 aromatic heterocycles. The van der Waals surface area contributed by atoms with Crippen molar-refractivity contribution in [3.63, 3.8) is 0 Å². The van der Waals surface area contributed by atoms with Gasteiger partial charge in [-0.3, -0.25) is 4.98 Å². The van der Waals surface area contributed by atoms with Gasteiger partial charge in [0, 0.05) is 33.7 Å². The molecule has 3 aromatic rings. The SMILES string of the molecule is Cc1nc(-c2cccnc2)n(Cc2cc(Cl)ccc2Cl)c1C. The highest BCUT2D eigenvalue weighted by molar-refractivity contribution is 6.33. The molecule has 0 fully saturated rings. The van der Waals surface area contributed by atoms with E-state index in [1.807, 2.05) is 37.4 Å². The largest absolute Gasteiger partial charge is 0.324 e. The summed E-state index contributed by atoms with van der Waals surface area (Å²) in [7, 11) is 0. The van der Waals surface area contributed by atoms with Gasteiger partial charge in [0.15, 0.2) is 0 Å². The molecule has 0 atom stereocenters. The lowest BCUT2D eigenvalue weighted by Gasteiger charge is -2.12. The summed E-state index contributed by atoms with van der Waals surface area (Å²) in [5.74, 6) is 0.888. The van der Waals surface area contributed by atoms with E-state index in [9.17, 15) is 0 Å². The first-order valence-corrected chi connectivity index (χ1v) is 7.70. The van der Waals surface area contributed by atoms with Crippen LogP contribution in [0.3, 0.4) is 0 Å². The quantitative estimate of drug-likeness (QED) is 0.682. The smallest absolute Gasteiger partial charge is 0.142 e. The van der Waals surface area contributed by atoms with E-state index in [-0.39, 0.29) is 0 Å². The van der Waals surface area contributed by atoms with Crippen LogP contribution >= 0.6 is 23.2 Å². The molecule has 0 saturated carbocycles. The molecule has 0 aliphatic heterocycles. The first kappa shape index (κ1) is 15.1. The normalized spacial score (nSPS) is 10.9. The molecule has 22 heavy (non-hydrogen) atoms. The third-order valence-corrected chi connectivity index (χ3v) is 4.32. The van der Waals surface area contributed by atoms with Crippen molar-refractivity contribution < 1.29 is 0 Å². The molecule has 0 aliphatic rings. The van der Waals surface area contributed by atoms with Crippen LogP contribution in [0.25, 0.3) is 11.4 Å². The van der Waals surface area contributed by atoms with E-state index in [4.69, 9.17) is 23.2 Å². The summed E-state index contributed by atoms with van der Waals surface area (Å²) < 4.78 is 2.14. The molecule has 0 bridgehead atoms. The fourth-order valence-electron chi connectivity index (χ4n) is 2.40. The average molecular weight is 332 g/mol. The minimum absolute atomic E-state index is 0.621. The Morgan fingerprint density at radius 3 is 2.68 bits per heavy atom. The lowest BCUT2D eigenvalue weighted by Crippen LogP contribution is -2.05. The lowest BCUT2D eigenvalue weighted by atomic mass is 10.2. The molecule has 0 saturated heterocycles. The zero-order valence-electron chi connectivity index (χ0n) is 12.3. The second-order valence-corrected chi connectivity index (χ2v) is 6.01. The summed E-state index contributed by atoms with van der Waals surface area (Å²) in [5.41, 5.74) is 4.06. The second kappa shape index (κ2) is 6.11. The number of hydrogen-bond acceptors (Lipinski definition) is 2. The van der Waals surface area contributed by atoms with Crippen molar-refractivity contribution in [2.24, 2.45) is 0 Å². The van der Waals surface area contributed by atoms with Crippen LogP contribution in [0, 0.1) is 13.8 Å². The summed E-state index contributed by atoms with van der Waals surface area (Å²) in [4.78, 5) is 8.85. The van der Waals surface area contributed by atoms with Crippen molar-refractivity contribution in [1.29, 1.82) is 0 Å². The summed E-state index contributed by atoms with van der Waals surface area (Å²) in [6.07, 6.45) is 3.57. The van der Waals surface area contributed by atoms with E-state index in [1.54, 1.807) is 12.3 Å². The highest BCUT2D eigenvalue weighted by Crippen LogP contribution is 2.26. The molecule has 0 aliphatic carbocycles. The van der Waals surface area contributed by atoms with Crippen molar-refractivity contribution >= 4 is 23.2 Å². The van der Waals surface area contributed by atoms with Crippen LogP contribution in [0.1, 0.15) is 17.0 Å². The van der Waals surface area contributed by atoms with Gasteiger partial charge in [0.1, 0.15) is 5.82 Å². The van der Waals surface area contributed by atoms with E-state index < -0.39 is 0 Å². The van der Waals surface area contributed by atoms with Gasteiger partial charge in [0.2, 0.25) is 0 Å². The van der Waals surface area contributed by atoms with Crippen molar-refractivity contribution in [2.45, 2.75) is 20.4 Å². The van der Waals surface area contributed by atoms with Crippen LogP contribution in [0.2, 0.25) is 10.0 Å². The van der Waals surface area contributed by atoms with E-state index in [2.05, 4.69) is 21.5 Å². The minimum Gasteiger partial charge on any atom is -0.324 e. The van der Waals surface area contributed by atoms with Gasteiger partial charge in [-0.25, -0.2) is 4.98 Å². The van der Waals surface area contributed by atoms with Gasteiger partial charge >= 0.3 is 0 Å². The number of halogens is 2. The Labute approximate surface area is 139 Å². The molecule has 1 aromatic carbocycles. The van der Waals surface area contributed by atoms with Gasteiger partial charge in [-0.1, -0.05) is 23.2 Å². The predicted molar refractivity (Wildman–Crippen MR) is 90.5 cm³/mol. The number of aromatic nitrogens is 3. The Balaban J connectivity index is 2.09. The molecule has 5 heteroatoms. The lowest BCUT2D eigenvalue weighted by molar-refractivity contribution is 0.777. The van der Waals surface area contributed by atoms with Gasteiger partial charge in [0.25, 0.3) is 0 Å². The van der Waals surface area contributed by atoms with Crippen LogP contribution in [0.5, 0.6) is 0 Å². The summed E-state index contributed by atoms with van der Waals surface area (Å²) >= 11 is 12.4. The second-order valence-electron chi connectivity index (χ2n) is 5.17. The molecule has 0 N–H and O–H groups in total. The first-order chi connectivity index (χ1) is 10.6. The summed E-state index contributed by atoms with van der Waals surface area (Å²) in [5, 5.41) is 1.38. The Morgan fingerprint density at radius 1 is 1.14 bits per heavy atom. The van der Waals surface area contributed by atoms with E-state index in [1.165, 1.54) is 0 Å². The molecular formula is C17H15Cl2N3. The first-order valence-electron chi connectivity index (χ1n) is 6.94. The number of nitrogens with zero attached hydrogens (tertiary/aromatic N) is 3. The van der Waals surface area contributed by atoms with E-state index >= 15 is 0 Å². The predicted octanol–water partition coefficient (Wildman–Crippen LogP) is 4.92. The summed E-state index contributed by atoms with van der Waals surface area (Å²) in [6, 6.07) is 9.42. The molecule has 2 heterocycles. The number of aryl methyl sites for hydroxylation is 1. The van der Waals surface area contributed by atoms with Crippen LogP contribution in [0.15, 0.2) is 42.7 Å². The topological polar surface area (TPSA) is 30.7 Å². The van der Waals surface area contributed by atoms with Crippen LogP contribution in [0.4, 0.5) is 0 Å². The molecule has 0 radical (unpaired) electrons. The van der Waals surface area contributed by atoms with Gasteiger partial charge in [-0.15, -0.1) is 0 Å². The minimum atomic E-state index is 0.621. The number of imidazole rings is 1. The monoisotopic (exact) mass is 331 g/mol. The van der Waals surface area contributed by atoms with Gasteiger partial charge in [0.05, 0.1) is 12.2 Å². The third kappa shape index (κ3) is 2.87. The maximum Gasteiger partial charge on any atom is 0.142 e. The Hall–Kier alpha value is -1.84. The maximum atomic E-state index is 6.30. The fourth-order valence-corrected chi connectivity index (χ4v) is 2.77. The van der Waals surface area contributed by atoms with Crippen LogP contribution < -0.4 is 0 Å². The van der Waals surface area contributed by atoms with Crippen molar-refractivity contribution in [3.8, 4) is 11.4 Å². The third-order valence-electron chi connectivity index (χ3n) is 3.71. The average Bonchev–Trinajstić information content (AvgIpc) is 2.80. The maximum absolute atomic E-state index is 6.30. The van der Waals surface area contributed by atoms with Crippen molar-refractivity contribution in [2.75, 3.05) is 0 Å². The Kier molecular flexibility index (Phi) is 4.19. The van der Waals surface area contributed by atoms with Crippen molar-refractivity contribution in [1.82, 2.24) is 14.5 Å². The zero-order chi connectivity index (χ0) is 15.7. The number of pyridine rings is 1. The standard InChI is InChI=1S/C17H15Cl2N3/c1-11-12(2)22(10-14-8-15(18)5-6-16(14)19)17(21-11)13-4-3-7-20-9-13/h3-9H,10H2,1-2H3. The van der Waals surface area contributed by atoms with E-state index in [0.29, 0.717) is 16.6 Å². The molecular weight excluding hydrogens is 317 g/mol. The molecule has 0 amide bonds. The van der Waals surface area contributed by atoms with E-state index in [0.717, 1.165) is 28.3 Å².